The molecule has 29 heavy (non-hydrogen) atoms. The summed E-state index contributed by atoms with van der Waals surface area (Å²) in [5, 5.41) is 0. The molecule has 0 fully saturated rings. The van der Waals surface area contributed by atoms with Crippen molar-refractivity contribution in [3.63, 3.8) is 0 Å². The third-order valence-corrected chi connectivity index (χ3v) is 4.47. The molecule has 0 saturated heterocycles. The van der Waals surface area contributed by atoms with Gasteiger partial charge in [0.2, 0.25) is 0 Å². The number of ether oxygens (including phenoxy) is 1. The van der Waals surface area contributed by atoms with Gasteiger partial charge in [-0.1, -0.05) is 20.8 Å². The Hall–Kier alpha value is -2.42. The van der Waals surface area contributed by atoms with Crippen molar-refractivity contribution in [2.75, 3.05) is 13.7 Å². The van der Waals surface area contributed by atoms with Crippen LogP contribution in [-0.4, -0.2) is 29.0 Å². The smallest absolute Gasteiger partial charge is 0.385 e. The van der Waals surface area contributed by atoms with Gasteiger partial charge in [-0.3, -0.25) is 14.2 Å². The van der Waals surface area contributed by atoms with E-state index in [4.69, 9.17) is 4.74 Å². The lowest BCUT2D eigenvalue weighted by molar-refractivity contribution is -0.137. The Kier molecular flexibility index (Phi) is 6.72. The fourth-order valence-electron chi connectivity index (χ4n) is 3.02. The maximum atomic E-state index is 14.1. The van der Waals surface area contributed by atoms with Gasteiger partial charge in [-0.15, -0.1) is 0 Å². The average molecular weight is 415 g/mol. The highest BCUT2D eigenvalue weighted by molar-refractivity contribution is 5.95. The van der Waals surface area contributed by atoms with Gasteiger partial charge < -0.3 is 4.74 Å². The van der Waals surface area contributed by atoms with Crippen LogP contribution in [0.3, 0.4) is 0 Å². The molecule has 160 valence electrons. The average Bonchev–Trinajstić information content (AvgIpc) is 2.90. The number of carbonyl (C=O) groups excluding carboxylic acids is 1. The monoisotopic (exact) mass is 415 g/mol. The molecule has 0 N–H and O–H groups in total. The van der Waals surface area contributed by atoms with E-state index >= 15 is 0 Å². The van der Waals surface area contributed by atoms with Crippen LogP contribution < -0.4 is 5.49 Å². The first-order chi connectivity index (χ1) is 13.4. The SMILES string of the molecule is COCCCn1c(=NC(=O)c2cc(C(F)(F)F)ccc2F)cc(C(C)(C)C)n1C. The molecule has 0 radical (unpaired) electrons. The zero-order valence-corrected chi connectivity index (χ0v) is 17.1. The van der Waals surface area contributed by atoms with Crippen molar-refractivity contribution >= 4 is 5.91 Å². The Morgan fingerprint density at radius 3 is 2.38 bits per heavy atom. The number of rotatable bonds is 5. The highest BCUT2D eigenvalue weighted by Crippen LogP contribution is 2.30. The van der Waals surface area contributed by atoms with Gasteiger partial charge >= 0.3 is 6.18 Å². The normalized spacial score (nSPS) is 13.2. The van der Waals surface area contributed by atoms with E-state index in [1.54, 1.807) is 17.9 Å². The molecule has 9 heteroatoms. The zero-order chi connectivity index (χ0) is 22.0. The molecule has 0 unspecified atom stereocenters. The van der Waals surface area contributed by atoms with Crippen molar-refractivity contribution in [3.05, 3.63) is 52.4 Å². The fourth-order valence-corrected chi connectivity index (χ4v) is 3.02. The number of hydrogen-bond acceptors (Lipinski definition) is 2. The maximum absolute atomic E-state index is 14.1. The standard InChI is InChI=1S/C20H25F4N3O2/c1-19(2,3)16-12-17(27(26(16)4)9-6-10-29-5)25-18(28)14-11-13(20(22,23)24)7-8-15(14)21/h7-8,11-12H,6,9-10H2,1-5H3. The Morgan fingerprint density at radius 2 is 1.83 bits per heavy atom. The van der Waals surface area contributed by atoms with E-state index < -0.39 is 29.0 Å². The molecule has 2 rings (SSSR count). The molecule has 0 spiro atoms. The third-order valence-electron chi connectivity index (χ3n) is 4.47. The highest BCUT2D eigenvalue weighted by Gasteiger charge is 2.32. The predicted octanol–water partition coefficient (Wildman–Crippen LogP) is 4.06. The molecule has 5 nitrogen and oxygen atoms in total. The molecule has 1 amide bonds. The lowest BCUT2D eigenvalue weighted by Gasteiger charge is -2.20. The van der Waals surface area contributed by atoms with Gasteiger partial charge in [0.05, 0.1) is 11.1 Å². The molecule has 1 aromatic heterocycles. The van der Waals surface area contributed by atoms with Crippen LogP contribution in [0.1, 0.15) is 48.8 Å². The molecule has 0 bridgehead atoms. The van der Waals surface area contributed by atoms with E-state index in [1.165, 1.54) is 0 Å². The molecule has 0 aliphatic heterocycles. The van der Waals surface area contributed by atoms with Crippen molar-refractivity contribution in [1.82, 2.24) is 9.36 Å². The summed E-state index contributed by atoms with van der Waals surface area (Å²) in [7, 11) is 3.38. The van der Waals surface area contributed by atoms with Crippen LogP contribution in [0.2, 0.25) is 0 Å². The lowest BCUT2D eigenvalue weighted by atomic mass is 9.92. The summed E-state index contributed by atoms with van der Waals surface area (Å²) in [6.45, 7) is 6.91. The van der Waals surface area contributed by atoms with Crippen molar-refractivity contribution < 1.29 is 27.1 Å². The number of nitrogens with zero attached hydrogens (tertiary/aromatic N) is 3. The second kappa shape index (κ2) is 8.52. The molecule has 0 aliphatic carbocycles. The Bertz CT molecular complexity index is 950. The van der Waals surface area contributed by atoms with Crippen LogP contribution in [0.15, 0.2) is 29.3 Å². The number of halogens is 4. The molecule has 0 saturated carbocycles. The van der Waals surface area contributed by atoms with Crippen LogP contribution in [0.4, 0.5) is 17.6 Å². The number of hydrogen-bond donors (Lipinski definition) is 0. The van der Waals surface area contributed by atoms with Gasteiger partial charge in [0.1, 0.15) is 5.82 Å². The summed E-state index contributed by atoms with van der Waals surface area (Å²) in [6, 6.07) is 3.40. The topological polar surface area (TPSA) is 48.5 Å². The maximum Gasteiger partial charge on any atom is 0.416 e. The number of amides is 1. The summed E-state index contributed by atoms with van der Waals surface area (Å²) in [6.07, 6.45) is -4.05. The number of alkyl halides is 3. The van der Waals surface area contributed by atoms with Gasteiger partial charge in [0.25, 0.3) is 5.91 Å². The largest absolute Gasteiger partial charge is 0.416 e. The summed E-state index contributed by atoms with van der Waals surface area (Å²) in [5.41, 5.74) is -0.977. The first-order valence-electron chi connectivity index (χ1n) is 9.08. The van der Waals surface area contributed by atoms with E-state index in [0.29, 0.717) is 37.8 Å². The molecule has 1 aromatic carbocycles. The quantitative estimate of drug-likeness (QED) is 0.546. The van der Waals surface area contributed by atoms with E-state index in [9.17, 15) is 22.4 Å². The first kappa shape index (κ1) is 22.9. The van der Waals surface area contributed by atoms with Gasteiger partial charge in [0.15, 0.2) is 5.49 Å². The van der Waals surface area contributed by atoms with Gasteiger partial charge in [-0.25, -0.2) is 4.39 Å². The van der Waals surface area contributed by atoms with E-state index in [2.05, 4.69) is 4.99 Å². The van der Waals surface area contributed by atoms with Crippen LogP contribution in [0.5, 0.6) is 0 Å². The Labute approximate surface area is 166 Å². The number of methoxy groups -OCH3 is 1. The highest BCUT2D eigenvalue weighted by atomic mass is 19.4. The van der Waals surface area contributed by atoms with Gasteiger partial charge in [0, 0.05) is 44.5 Å². The fraction of sp³-hybridized carbons (Fsp3) is 0.500. The molecule has 0 aliphatic rings. The van der Waals surface area contributed by atoms with E-state index in [0.717, 1.165) is 5.69 Å². The number of aromatic nitrogens is 2. The summed E-state index contributed by atoms with van der Waals surface area (Å²) >= 11 is 0. The molecular formula is C20H25F4N3O2. The predicted molar refractivity (Wildman–Crippen MR) is 99.9 cm³/mol. The second-order valence-corrected chi connectivity index (χ2v) is 7.74. The van der Waals surface area contributed by atoms with Crippen molar-refractivity contribution in [2.45, 2.75) is 45.3 Å². The second-order valence-electron chi connectivity index (χ2n) is 7.74. The molecule has 1 heterocycles. The van der Waals surface area contributed by atoms with Gasteiger partial charge in [-0.2, -0.15) is 18.2 Å². The summed E-state index contributed by atoms with van der Waals surface area (Å²) in [5.74, 6) is -2.12. The van der Waals surface area contributed by atoms with Crippen molar-refractivity contribution in [2.24, 2.45) is 12.0 Å². The van der Waals surface area contributed by atoms with E-state index in [-0.39, 0.29) is 10.9 Å². The van der Waals surface area contributed by atoms with E-state index in [1.807, 2.05) is 32.5 Å². The number of benzene rings is 1. The van der Waals surface area contributed by atoms with Gasteiger partial charge in [-0.05, 0) is 24.6 Å². The summed E-state index contributed by atoms with van der Waals surface area (Å²) in [4.78, 5) is 16.5. The number of carbonyl (C=O) groups is 1. The summed E-state index contributed by atoms with van der Waals surface area (Å²) < 4.78 is 61.5. The Morgan fingerprint density at radius 1 is 1.17 bits per heavy atom. The molecule has 0 atom stereocenters. The van der Waals surface area contributed by atoms with Crippen LogP contribution in [-0.2, 0) is 29.9 Å². The molecule has 2 aromatic rings. The minimum absolute atomic E-state index is 0.246. The molecular weight excluding hydrogens is 390 g/mol. The van der Waals surface area contributed by atoms with Crippen molar-refractivity contribution in [3.8, 4) is 0 Å². The first-order valence-corrected chi connectivity index (χ1v) is 9.08. The minimum atomic E-state index is -4.69. The van der Waals surface area contributed by atoms with Crippen molar-refractivity contribution in [1.29, 1.82) is 0 Å². The van der Waals surface area contributed by atoms with Crippen LogP contribution in [0, 0.1) is 5.82 Å². The zero-order valence-electron chi connectivity index (χ0n) is 17.1. The Balaban J connectivity index is 2.57. The lowest BCUT2D eigenvalue weighted by Crippen LogP contribution is -2.26. The van der Waals surface area contributed by atoms with Crippen LogP contribution >= 0.6 is 0 Å². The third kappa shape index (κ3) is 5.35. The van der Waals surface area contributed by atoms with Crippen LogP contribution in [0.25, 0.3) is 0 Å². The minimum Gasteiger partial charge on any atom is -0.385 e.